The highest BCUT2D eigenvalue weighted by Crippen LogP contribution is 2.58. The molecule has 1 fully saturated rings. The predicted molar refractivity (Wildman–Crippen MR) is 116 cm³/mol. The van der Waals surface area contributed by atoms with E-state index in [4.69, 9.17) is 40.5 Å². The maximum absolute atomic E-state index is 11.0. The SMILES string of the molecule is Nc1ncnc2c1ncn2[C@@H]1O[C@H](CO)[C@@H](O)[C@H]1O.O=C[C@H](OP(=O)(O)OP(=O)(O)O)[C@H](O)[C@H](O)CO. The molecule has 0 aliphatic carbocycles. The van der Waals surface area contributed by atoms with Crippen molar-refractivity contribution in [1.82, 2.24) is 19.5 Å². The number of nitrogens with zero attached hydrogens (tertiary/aromatic N) is 4. The summed E-state index contributed by atoms with van der Waals surface area (Å²) in [7, 11) is -10.7. The summed E-state index contributed by atoms with van der Waals surface area (Å²) in [6.07, 6.45) is -7.72. The van der Waals surface area contributed by atoms with Gasteiger partial charge in [-0.3, -0.25) is 9.09 Å². The van der Waals surface area contributed by atoms with Crippen molar-refractivity contribution >= 4 is 38.9 Å². The van der Waals surface area contributed by atoms with E-state index in [1.807, 2.05) is 0 Å². The van der Waals surface area contributed by atoms with Crippen molar-refractivity contribution in [2.45, 2.75) is 42.9 Å². The molecule has 8 atom stereocenters. The zero-order valence-electron chi connectivity index (χ0n) is 18.4. The Balaban J connectivity index is 0.000000261. The molecular formula is C15H25N5O15P2. The average Bonchev–Trinajstić information content (AvgIpc) is 3.37. The van der Waals surface area contributed by atoms with Gasteiger partial charge in [-0.2, -0.15) is 4.31 Å². The van der Waals surface area contributed by atoms with Gasteiger partial charge in [0.25, 0.3) is 0 Å². The second-order valence-electron chi connectivity index (χ2n) is 7.30. The number of fused-ring (bicyclic) bond motifs is 1. The highest BCUT2D eigenvalue weighted by Gasteiger charge is 2.44. The molecule has 1 saturated heterocycles. The maximum atomic E-state index is 11.0. The molecule has 1 aliphatic rings. The molecule has 20 nitrogen and oxygen atoms in total. The molecule has 0 radical (unpaired) electrons. The molecule has 3 heterocycles. The number of ether oxygens (including phenoxy) is 1. The number of rotatable bonds is 10. The van der Waals surface area contributed by atoms with Crippen LogP contribution >= 0.6 is 15.6 Å². The van der Waals surface area contributed by atoms with Crippen LogP contribution in [-0.4, -0.2) is 121 Å². The minimum Gasteiger partial charge on any atom is -0.394 e. The summed E-state index contributed by atoms with van der Waals surface area (Å²) in [5.74, 6) is 0.218. The third kappa shape index (κ3) is 7.99. The van der Waals surface area contributed by atoms with Gasteiger partial charge in [0, 0.05) is 0 Å². The number of phosphoric ester groups is 1. The zero-order chi connectivity index (χ0) is 28.1. The number of aliphatic hydroxyl groups is 6. The molecular weight excluding hydrogens is 552 g/mol. The number of imidazole rings is 1. The zero-order valence-corrected chi connectivity index (χ0v) is 20.2. The van der Waals surface area contributed by atoms with Crippen LogP contribution in [0.5, 0.6) is 0 Å². The third-order valence-electron chi connectivity index (χ3n) is 4.69. The second-order valence-corrected chi connectivity index (χ2v) is 10.1. The fourth-order valence-corrected chi connectivity index (χ4v) is 4.68. The van der Waals surface area contributed by atoms with E-state index in [1.54, 1.807) is 0 Å². The number of hydrogen-bond donors (Lipinski definition) is 10. The lowest BCUT2D eigenvalue weighted by atomic mass is 10.1. The van der Waals surface area contributed by atoms with Gasteiger partial charge in [0.1, 0.15) is 42.4 Å². The second kappa shape index (κ2) is 12.7. The molecule has 37 heavy (non-hydrogen) atoms. The van der Waals surface area contributed by atoms with Gasteiger partial charge < -0.3 is 60.6 Å². The van der Waals surface area contributed by atoms with Gasteiger partial charge in [-0.15, -0.1) is 0 Å². The minimum atomic E-state index is -5.36. The third-order valence-corrected chi connectivity index (χ3v) is 6.88. The lowest BCUT2D eigenvalue weighted by molar-refractivity contribution is -0.126. The first-order chi connectivity index (χ1) is 17.2. The largest absolute Gasteiger partial charge is 0.481 e. The van der Waals surface area contributed by atoms with Crippen LogP contribution in [0.25, 0.3) is 11.2 Å². The van der Waals surface area contributed by atoms with Gasteiger partial charge in [-0.05, 0) is 0 Å². The molecule has 210 valence electrons. The van der Waals surface area contributed by atoms with E-state index < -0.39 is 71.7 Å². The van der Waals surface area contributed by atoms with Gasteiger partial charge in [0.2, 0.25) is 0 Å². The number of nitrogens with two attached hydrogens (primary N) is 1. The Labute approximate surface area is 206 Å². The standard InChI is InChI=1S/C10H13N5O4.C5H12O11P2/c11-8-5-9(13-2-12-8)15(3-14-5)10-7(18)6(17)4(1-16)19-10;6-1-3(8)5(9)4(2-7)15-18(13,14)16-17(10,11)12/h2-4,6-7,10,16-18H,1H2,(H2,11,12,13);2-6,8-9H,1H2,(H,13,14)(H2,10,11,12)/t4-,6-,7-,10-;3-,4+,5-/m11/s1. The molecule has 1 unspecified atom stereocenters. The first-order valence-electron chi connectivity index (χ1n) is 9.91. The van der Waals surface area contributed by atoms with Crippen molar-refractivity contribution in [3.63, 3.8) is 0 Å². The molecule has 0 aromatic carbocycles. The number of aliphatic hydroxyl groups excluding tert-OH is 6. The number of nitrogen functional groups attached to an aromatic ring is 1. The van der Waals surface area contributed by atoms with Gasteiger partial charge in [0.05, 0.1) is 19.5 Å². The van der Waals surface area contributed by atoms with E-state index in [9.17, 15) is 29.2 Å². The summed E-state index contributed by atoms with van der Waals surface area (Å²) >= 11 is 0. The van der Waals surface area contributed by atoms with Gasteiger partial charge in [-0.25, -0.2) is 24.1 Å². The lowest BCUT2D eigenvalue weighted by Gasteiger charge is -2.23. The highest BCUT2D eigenvalue weighted by atomic mass is 31.3. The first-order valence-corrected chi connectivity index (χ1v) is 12.9. The number of hydrogen-bond acceptors (Lipinski definition) is 16. The van der Waals surface area contributed by atoms with E-state index in [1.165, 1.54) is 17.2 Å². The topological polar surface area (TPSA) is 331 Å². The quantitative estimate of drug-likeness (QED) is 0.0939. The van der Waals surface area contributed by atoms with Crippen LogP contribution in [0.2, 0.25) is 0 Å². The summed E-state index contributed by atoms with van der Waals surface area (Å²) in [4.78, 5) is 47.7. The number of aromatic nitrogens is 4. The van der Waals surface area contributed by atoms with Gasteiger partial charge in [0.15, 0.2) is 30.1 Å². The van der Waals surface area contributed by atoms with E-state index in [0.29, 0.717) is 11.2 Å². The lowest BCUT2D eigenvalue weighted by Crippen LogP contribution is -2.41. The Morgan fingerprint density at radius 2 is 1.78 bits per heavy atom. The van der Waals surface area contributed by atoms with Gasteiger partial charge in [-0.1, -0.05) is 0 Å². The number of aldehydes is 1. The number of carbonyl (C=O) groups is 1. The van der Waals surface area contributed by atoms with E-state index >= 15 is 0 Å². The number of carbonyl (C=O) groups excluding carboxylic acids is 1. The van der Waals surface area contributed by atoms with E-state index in [-0.39, 0.29) is 12.1 Å². The molecule has 1 aliphatic heterocycles. The van der Waals surface area contributed by atoms with Crippen LogP contribution in [0.3, 0.4) is 0 Å². The molecule has 0 saturated carbocycles. The average molecular weight is 577 g/mol. The first kappa shape index (κ1) is 31.2. The summed E-state index contributed by atoms with van der Waals surface area (Å²) < 4.78 is 35.5. The Bertz CT molecular complexity index is 1150. The van der Waals surface area contributed by atoms with Crippen molar-refractivity contribution in [2.75, 3.05) is 18.9 Å². The smallest absolute Gasteiger partial charge is 0.394 e. The molecule has 0 spiro atoms. The van der Waals surface area contributed by atoms with Crippen LogP contribution < -0.4 is 5.73 Å². The summed E-state index contributed by atoms with van der Waals surface area (Å²) in [6.45, 7) is -1.37. The summed E-state index contributed by atoms with van der Waals surface area (Å²) in [5, 5.41) is 55.3. The molecule has 2 aromatic rings. The van der Waals surface area contributed by atoms with Crippen LogP contribution in [0, 0.1) is 0 Å². The fraction of sp³-hybridized carbons (Fsp3) is 0.600. The van der Waals surface area contributed by atoms with Gasteiger partial charge >= 0.3 is 15.6 Å². The Hall–Kier alpha value is -2.00. The normalized spacial score (nSPS) is 26.1. The molecule has 0 bridgehead atoms. The fourth-order valence-electron chi connectivity index (χ4n) is 2.97. The van der Waals surface area contributed by atoms with Crippen molar-refractivity contribution in [3.05, 3.63) is 12.7 Å². The molecule has 22 heteroatoms. The Morgan fingerprint density at radius 1 is 1.14 bits per heavy atom. The van der Waals surface area contributed by atoms with Crippen molar-refractivity contribution in [1.29, 1.82) is 0 Å². The molecule has 3 rings (SSSR count). The van der Waals surface area contributed by atoms with Crippen LogP contribution in [-0.2, 0) is 27.5 Å². The predicted octanol–water partition coefficient (Wildman–Crippen LogP) is -4.49. The Kier molecular flexibility index (Phi) is 10.7. The monoisotopic (exact) mass is 577 g/mol. The molecule has 11 N–H and O–H groups in total. The van der Waals surface area contributed by atoms with Crippen LogP contribution in [0.1, 0.15) is 6.23 Å². The van der Waals surface area contributed by atoms with Crippen molar-refractivity contribution in [3.8, 4) is 0 Å². The summed E-state index contributed by atoms with van der Waals surface area (Å²) in [6, 6.07) is 0. The molecule has 2 aromatic heterocycles. The number of phosphoric acid groups is 2. The maximum Gasteiger partial charge on any atom is 0.481 e. The summed E-state index contributed by atoms with van der Waals surface area (Å²) in [5.41, 5.74) is 6.44. The van der Waals surface area contributed by atoms with Crippen LogP contribution in [0.4, 0.5) is 5.82 Å². The van der Waals surface area contributed by atoms with Crippen molar-refractivity contribution in [2.24, 2.45) is 0 Å². The Morgan fingerprint density at radius 3 is 2.30 bits per heavy atom. The van der Waals surface area contributed by atoms with E-state index in [0.717, 1.165) is 0 Å². The molecule has 0 amide bonds. The van der Waals surface area contributed by atoms with Crippen LogP contribution in [0.15, 0.2) is 12.7 Å². The highest BCUT2D eigenvalue weighted by molar-refractivity contribution is 7.60. The van der Waals surface area contributed by atoms with Crippen molar-refractivity contribution < 1.29 is 72.8 Å². The minimum absolute atomic E-state index is 0.213. The number of anilines is 1. The van der Waals surface area contributed by atoms with E-state index in [2.05, 4.69) is 23.8 Å².